The molecule has 2 aromatic heterocycles. The van der Waals surface area contributed by atoms with E-state index < -0.39 is 5.97 Å². The van der Waals surface area contributed by atoms with Crippen LogP contribution < -0.4 is 9.47 Å². The molecule has 3 heterocycles. The summed E-state index contributed by atoms with van der Waals surface area (Å²) in [6.45, 7) is 4.65. The van der Waals surface area contributed by atoms with Crippen molar-refractivity contribution in [3.8, 4) is 34.3 Å². The normalized spacial score (nSPS) is 15.1. The maximum atomic E-state index is 11.3. The molecule has 4 aromatic rings. The van der Waals surface area contributed by atoms with E-state index >= 15 is 0 Å². The Balaban J connectivity index is 1.48. The number of benzene rings is 2. The average molecular weight is 482 g/mol. The summed E-state index contributed by atoms with van der Waals surface area (Å²) in [5, 5.41) is 14.9. The second-order valence-electron chi connectivity index (χ2n) is 8.62. The first-order valence-electron chi connectivity index (χ1n) is 11.1. The van der Waals surface area contributed by atoms with Gasteiger partial charge in [0.05, 0.1) is 24.7 Å². The van der Waals surface area contributed by atoms with Crippen LogP contribution in [0.4, 0.5) is 0 Å². The van der Waals surface area contributed by atoms with Crippen LogP contribution in [-0.4, -0.2) is 39.0 Å². The Morgan fingerprint density at radius 2 is 2.03 bits per heavy atom. The molecule has 1 N–H and O–H groups in total. The minimum absolute atomic E-state index is 0.0200. The van der Waals surface area contributed by atoms with Crippen molar-refractivity contribution >= 4 is 28.5 Å². The fourth-order valence-electron chi connectivity index (χ4n) is 4.55. The monoisotopic (exact) mass is 481 g/mol. The second kappa shape index (κ2) is 8.68. The highest BCUT2D eigenvalue weighted by Gasteiger charge is 2.30. The van der Waals surface area contributed by atoms with Crippen molar-refractivity contribution < 1.29 is 23.9 Å². The van der Waals surface area contributed by atoms with Crippen LogP contribution in [0, 0.1) is 0 Å². The van der Waals surface area contributed by atoms with Gasteiger partial charge in [-0.05, 0) is 56.7 Å². The number of aromatic nitrogens is 3. The van der Waals surface area contributed by atoms with Gasteiger partial charge >= 0.3 is 5.97 Å². The standard InChI is InChI=1S/C25H24ClN3O5/c1-13(2)33-19-7-5-16(11-20(19)32-3)25-27-24(28-34-25)15-4-6-18-17(10-15)22(26)23-14(12-21(30)31)8-9-29(18)23/h4-7,10-11,13-14H,8-9,12H2,1-3H3,(H,30,31)/t14-/m1/s1. The molecule has 176 valence electrons. The number of fused-ring (bicyclic) bond motifs is 3. The van der Waals surface area contributed by atoms with Gasteiger partial charge in [0.25, 0.3) is 5.89 Å². The lowest BCUT2D eigenvalue weighted by atomic mass is 10.00. The number of carbonyl (C=O) groups is 1. The maximum absolute atomic E-state index is 11.3. The number of carboxylic acid groups (broad SMARTS) is 1. The second-order valence-corrected chi connectivity index (χ2v) is 9.00. The Bertz CT molecular complexity index is 1390. The molecule has 0 spiro atoms. The summed E-state index contributed by atoms with van der Waals surface area (Å²) in [7, 11) is 1.58. The quantitative estimate of drug-likeness (QED) is 0.357. The van der Waals surface area contributed by atoms with Crippen molar-refractivity contribution in [2.75, 3.05) is 7.11 Å². The van der Waals surface area contributed by atoms with Gasteiger partial charge in [0.1, 0.15) is 0 Å². The van der Waals surface area contributed by atoms with Gasteiger partial charge < -0.3 is 23.7 Å². The molecule has 1 atom stereocenters. The van der Waals surface area contributed by atoms with Crippen LogP contribution in [-0.2, 0) is 11.3 Å². The summed E-state index contributed by atoms with van der Waals surface area (Å²) in [6.07, 6.45) is 0.867. The molecule has 1 aliphatic rings. The number of hydrogen-bond donors (Lipinski definition) is 1. The van der Waals surface area contributed by atoms with E-state index in [0.717, 1.165) is 35.1 Å². The predicted octanol–water partition coefficient (Wildman–Crippen LogP) is 5.77. The Kier molecular flexibility index (Phi) is 5.69. The van der Waals surface area contributed by atoms with E-state index in [1.54, 1.807) is 13.2 Å². The first-order valence-corrected chi connectivity index (χ1v) is 11.5. The topological polar surface area (TPSA) is 99.6 Å². The molecule has 0 amide bonds. The molecule has 0 aliphatic carbocycles. The number of aryl methyl sites for hydroxylation is 1. The zero-order valence-electron chi connectivity index (χ0n) is 19.0. The molecule has 0 saturated heterocycles. The summed E-state index contributed by atoms with van der Waals surface area (Å²) in [5.41, 5.74) is 3.34. The van der Waals surface area contributed by atoms with Crippen LogP contribution >= 0.6 is 11.6 Å². The van der Waals surface area contributed by atoms with Gasteiger partial charge in [-0.1, -0.05) is 16.8 Å². The van der Waals surface area contributed by atoms with Gasteiger partial charge in [0, 0.05) is 40.2 Å². The number of ether oxygens (including phenoxy) is 2. The Hall–Kier alpha value is -3.52. The van der Waals surface area contributed by atoms with Crippen LogP contribution in [0.5, 0.6) is 11.5 Å². The number of hydrogen-bond acceptors (Lipinski definition) is 6. The molecule has 8 nitrogen and oxygen atoms in total. The zero-order chi connectivity index (χ0) is 24.0. The van der Waals surface area contributed by atoms with Crippen LogP contribution in [0.2, 0.25) is 5.02 Å². The summed E-state index contributed by atoms with van der Waals surface area (Å²) in [6, 6.07) is 11.3. The Morgan fingerprint density at radius 3 is 2.76 bits per heavy atom. The molecule has 5 rings (SSSR count). The SMILES string of the molecule is COc1cc(-c2nc(-c3ccc4c(c3)c(Cl)c3n4CC[C@@H]3CC(=O)O)no2)ccc1OC(C)C. The molecule has 0 bridgehead atoms. The zero-order valence-corrected chi connectivity index (χ0v) is 19.8. The molecule has 1 aliphatic heterocycles. The van der Waals surface area contributed by atoms with E-state index in [-0.39, 0.29) is 18.4 Å². The van der Waals surface area contributed by atoms with Crippen LogP contribution in [0.1, 0.15) is 38.3 Å². The van der Waals surface area contributed by atoms with Gasteiger partial charge in [0.15, 0.2) is 11.5 Å². The van der Waals surface area contributed by atoms with Gasteiger partial charge in [-0.2, -0.15) is 4.98 Å². The lowest BCUT2D eigenvalue weighted by Crippen LogP contribution is -2.06. The predicted molar refractivity (Wildman–Crippen MR) is 128 cm³/mol. The fraction of sp³-hybridized carbons (Fsp3) is 0.320. The lowest BCUT2D eigenvalue weighted by molar-refractivity contribution is -0.137. The first-order chi connectivity index (χ1) is 16.4. The van der Waals surface area contributed by atoms with E-state index in [2.05, 4.69) is 14.7 Å². The molecule has 0 fully saturated rings. The summed E-state index contributed by atoms with van der Waals surface area (Å²) in [4.78, 5) is 15.8. The molecular formula is C25H24ClN3O5. The third-order valence-electron chi connectivity index (χ3n) is 6.01. The molecule has 0 radical (unpaired) electrons. The van der Waals surface area contributed by atoms with Crippen LogP contribution in [0.3, 0.4) is 0 Å². The number of rotatable bonds is 7. The minimum atomic E-state index is -0.819. The lowest BCUT2D eigenvalue weighted by Gasteiger charge is -2.13. The van der Waals surface area contributed by atoms with Gasteiger partial charge in [-0.15, -0.1) is 0 Å². The summed E-state index contributed by atoms with van der Waals surface area (Å²) < 4.78 is 18.9. The molecular weight excluding hydrogens is 458 g/mol. The number of aliphatic carboxylic acids is 1. The minimum Gasteiger partial charge on any atom is -0.493 e. The fourth-order valence-corrected chi connectivity index (χ4v) is 4.96. The smallest absolute Gasteiger partial charge is 0.304 e. The molecule has 0 unspecified atom stereocenters. The van der Waals surface area contributed by atoms with E-state index in [0.29, 0.717) is 33.8 Å². The van der Waals surface area contributed by atoms with Gasteiger partial charge in [-0.3, -0.25) is 4.79 Å². The third kappa shape index (κ3) is 3.88. The Labute approximate surface area is 201 Å². The largest absolute Gasteiger partial charge is 0.493 e. The van der Waals surface area contributed by atoms with E-state index in [4.69, 9.17) is 25.6 Å². The summed E-state index contributed by atoms with van der Waals surface area (Å²) >= 11 is 6.72. The van der Waals surface area contributed by atoms with E-state index in [9.17, 15) is 9.90 Å². The summed E-state index contributed by atoms with van der Waals surface area (Å²) in [5.74, 6) is 1.11. The number of methoxy groups -OCH3 is 1. The van der Waals surface area contributed by atoms with Gasteiger partial charge in [-0.25, -0.2) is 0 Å². The highest BCUT2D eigenvalue weighted by atomic mass is 35.5. The van der Waals surface area contributed by atoms with Crippen molar-refractivity contribution in [3.05, 3.63) is 47.1 Å². The van der Waals surface area contributed by atoms with Crippen LogP contribution in [0.15, 0.2) is 40.9 Å². The Morgan fingerprint density at radius 1 is 1.24 bits per heavy atom. The average Bonchev–Trinajstić information content (AvgIpc) is 3.51. The van der Waals surface area contributed by atoms with Crippen molar-refractivity contribution in [3.63, 3.8) is 0 Å². The highest BCUT2D eigenvalue weighted by Crippen LogP contribution is 2.43. The number of halogens is 1. The van der Waals surface area contributed by atoms with Crippen LogP contribution in [0.25, 0.3) is 33.7 Å². The maximum Gasteiger partial charge on any atom is 0.304 e. The molecule has 0 saturated carbocycles. The van der Waals surface area contributed by atoms with Crippen molar-refractivity contribution in [1.82, 2.24) is 14.7 Å². The number of carboxylic acids is 1. The van der Waals surface area contributed by atoms with E-state index in [1.807, 2.05) is 44.2 Å². The molecule has 34 heavy (non-hydrogen) atoms. The third-order valence-corrected chi connectivity index (χ3v) is 6.40. The highest BCUT2D eigenvalue weighted by molar-refractivity contribution is 6.36. The molecule has 2 aromatic carbocycles. The first kappa shape index (κ1) is 22.3. The van der Waals surface area contributed by atoms with Crippen molar-refractivity contribution in [1.29, 1.82) is 0 Å². The van der Waals surface area contributed by atoms with Crippen molar-refractivity contribution in [2.24, 2.45) is 0 Å². The number of nitrogens with zero attached hydrogens (tertiary/aromatic N) is 3. The van der Waals surface area contributed by atoms with E-state index in [1.165, 1.54) is 0 Å². The van der Waals surface area contributed by atoms with Gasteiger partial charge in [0.2, 0.25) is 5.82 Å². The molecule has 9 heteroatoms. The van der Waals surface area contributed by atoms with Crippen molar-refractivity contribution in [2.45, 2.75) is 45.3 Å².